The molecule has 4 nitrogen and oxygen atoms in total. The fraction of sp³-hybridized carbons (Fsp3) is 0.188. The number of benzene rings is 2. The average molecular weight is 269 g/mol. The molecular weight excluding hydrogens is 254 g/mol. The van der Waals surface area contributed by atoms with Gasteiger partial charge in [0.2, 0.25) is 5.89 Å². The van der Waals surface area contributed by atoms with Crippen LogP contribution in [0.1, 0.15) is 5.56 Å². The van der Waals surface area contributed by atoms with Gasteiger partial charge < -0.3 is 13.9 Å². The molecule has 0 saturated heterocycles. The Hall–Kier alpha value is -2.49. The van der Waals surface area contributed by atoms with Crippen molar-refractivity contribution in [3.8, 4) is 23.0 Å². The van der Waals surface area contributed by atoms with Crippen LogP contribution in [0.5, 0.6) is 11.5 Å². The Kier molecular flexibility index (Phi) is 3.06. The van der Waals surface area contributed by atoms with Crippen molar-refractivity contribution in [3.05, 3.63) is 42.0 Å². The Labute approximate surface area is 117 Å². The van der Waals surface area contributed by atoms with Gasteiger partial charge in [0.25, 0.3) is 0 Å². The van der Waals surface area contributed by atoms with Crippen molar-refractivity contribution in [1.29, 1.82) is 0 Å². The second-order valence-corrected chi connectivity index (χ2v) is 4.56. The van der Waals surface area contributed by atoms with Gasteiger partial charge >= 0.3 is 0 Å². The molecule has 0 N–H and O–H groups in total. The summed E-state index contributed by atoms with van der Waals surface area (Å²) in [5, 5.41) is 0. The molecule has 0 saturated carbocycles. The Bertz CT molecular complexity index is 703. The lowest BCUT2D eigenvalue weighted by atomic mass is 10.1. The van der Waals surface area contributed by atoms with E-state index in [1.807, 2.05) is 37.3 Å². The van der Waals surface area contributed by atoms with E-state index in [0.29, 0.717) is 23.0 Å². The van der Waals surface area contributed by atoms with Crippen molar-refractivity contribution in [1.82, 2.24) is 4.98 Å². The first kappa shape index (κ1) is 12.5. The maximum Gasteiger partial charge on any atom is 0.227 e. The molecule has 0 aliphatic heterocycles. The van der Waals surface area contributed by atoms with E-state index in [4.69, 9.17) is 13.9 Å². The van der Waals surface area contributed by atoms with Gasteiger partial charge in [0, 0.05) is 17.7 Å². The Morgan fingerprint density at radius 3 is 2.25 bits per heavy atom. The second kappa shape index (κ2) is 4.89. The van der Waals surface area contributed by atoms with Crippen molar-refractivity contribution < 1.29 is 13.9 Å². The van der Waals surface area contributed by atoms with Crippen molar-refractivity contribution in [2.75, 3.05) is 14.2 Å². The van der Waals surface area contributed by atoms with Crippen LogP contribution in [-0.2, 0) is 0 Å². The number of aryl methyl sites for hydroxylation is 1. The van der Waals surface area contributed by atoms with Gasteiger partial charge in [-0.25, -0.2) is 4.98 Å². The molecule has 4 heteroatoms. The number of methoxy groups -OCH3 is 2. The second-order valence-electron chi connectivity index (χ2n) is 4.56. The summed E-state index contributed by atoms with van der Waals surface area (Å²) in [5.41, 5.74) is 3.58. The largest absolute Gasteiger partial charge is 0.493 e. The minimum atomic E-state index is 0.593. The van der Waals surface area contributed by atoms with Crippen LogP contribution in [0.25, 0.3) is 22.6 Å². The highest BCUT2D eigenvalue weighted by Crippen LogP contribution is 2.34. The Morgan fingerprint density at radius 2 is 1.60 bits per heavy atom. The normalized spacial score (nSPS) is 10.8. The van der Waals surface area contributed by atoms with Crippen molar-refractivity contribution in [2.45, 2.75) is 6.92 Å². The summed E-state index contributed by atoms with van der Waals surface area (Å²) >= 11 is 0. The number of fused-ring (bicyclic) bond motifs is 1. The maximum absolute atomic E-state index is 5.79. The molecule has 0 radical (unpaired) electrons. The summed E-state index contributed by atoms with van der Waals surface area (Å²) in [6, 6.07) is 11.7. The van der Waals surface area contributed by atoms with Gasteiger partial charge in [-0.15, -0.1) is 0 Å². The average Bonchev–Trinajstić information content (AvgIpc) is 2.89. The first-order valence-corrected chi connectivity index (χ1v) is 6.31. The minimum Gasteiger partial charge on any atom is -0.493 e. The van der Waals surface area contributed by atoms with Crippen molar-refractivity contribution in [2.24, 2.45) is 0 Å². The first-order valence-electron chi connectivity index (χ1n) is 6.31. The van der Waals surface area contributed by atoms with Gasteiger partial charge in [-0.05, 0) is 19.1 Å². The summed E-state index contributed by atoms with van der Waals surface area (Å²) in [4.78, 5) is 4.49. The zero-order valence-corrected chi connectivity index (χ0v) is 11.6. The lowest BCUT2D eigenvalue weighted by Crippen LogP contribution is -1.89. The lowest BCUT2D eigenvalue weighted by Gasteiger charge is -2.05. The zero-order chi connectivity index (χ0) is 14.1. The smallest absolute Gasteiger partial charge is 0.227 e. The molecule has 0 fully saturated rings. The zero-order valence-electron chi connectivity index (χ0n) is 11.6. The molecule has 0 atom stereocenters. The van der Waals surface area contributed by atoms with Crippen LogP contribution in [0, 0.1) is 6.92 Å². The molecule has 3 rings (SSSR count). The first-order chi connectivity index (χ1) is 9.71. The molecule has 3 aromatic rings. The van der Waals surface area contributed by atoms with Crippen LogP contribution in [0.3, 0.4) is 0 Å². The van der Waals surface area contributed by atoms with E-state index in [0.717, 1.165) is 11.1 Å². The standard InChI is InChI=1S/C16H15NO3/c1-10-4-6-11(7-5-10)16-17-12-8-14(18-2)15(19-3)9-13(12)20-16/h4-9H,1-3H3. The molecule has 20 heavy (non-hydrogen) atoms. The molecule has 0 spiro atoms. The highest BCUT2D eigenvalue weighted by molar-refractivity contribution is 5.80. The van der Waals surface area contributed by atoms with Gasteiger partial charge in [0.1, 0.15) is 5.52 Å². The van der Waals surface area contributed by atoms with Crippen molar-refractivity contribution in [3.63, 3.8) is 0 Å². The van der Waals surface area contributed by atoms with Crippen LogP contribution in [0.2, 0.25) is 0 Å². The molecule has 2 aromatic carbocycles. The molecule has 0 bridgehead atoms. The van der Waals surface area contributed by atoms with Gasteiger partial charge in [0.05, 0.1) is 14.2 Å². The highest BCUT2D eigenvalue weighted by atomic mass is 16.5. The summed E-state index contributed by atoms with van der Waals surface area (Å²) in [5.74, 6) is 1.87. The van der Waals surface area contributed by atoms with Gasteiger partial charge in [-0.1, -0.05) is 17.7 Å². The van der Waals surface area contributed by atoms with E-state index in [-0.39, 0.29) is 0 Å². The quantitative estimate of drug-likeness (QED) is 0.725. The van der Waals surface area contributed by atoms with Crippen LogP contribution in [0.15, 0.2) is 40.8 Å². The third-order valence-corrected chi connectivity index (χ3v) is 3.19. The van der Waals surface area contributed by atoms with Crippen molar-refractivity contribution >= 4 is 11.1 Å². The number of rotatable bonds is 3. The summed E-state index contributed by atoms with van der Waals surface area (Å²) in [6.45, 7) is 2.05. The summed E-state index contributed by atoms with van der Waals surface area (Å²) in [7, 11) is 3.20. The Morgan fingerprint density at radius 1 is 0.950 bits per heavy atom. The topological polar surface area (TPSA) is 44.5 Å². The van der Waals surface area contributed by atoms with Crippen LogP contribution in [0.4, 0.5) is 0 Å². The SMILES string of the molecule is COc1cc2nc(-c3ccc(C)cc3)oc2cc1OC. The van der Waals surface area contributed by atoms with Gasteiger partial charge in [-0.3, -0.25) is 0 Å². The number of oxazole rings is 1. The number of hydrogen-bond donors (Lipinski definition) is 0. The van der Waals surface area contributed by atoms with E-state index in [9.17, 15) is 0 Å². The van der Waals surface area contributed by atoms with E-state index in [1.54, 1.807) is 20.3 Å². The predicted octanol–water partition coefficient (Wildman–Crippen LogP) is 3.82. The molecule has 1 heterocycles. The molecule has 0 aliphatic carbocycles. The highest BCUT2D eigenvalue weighted by Gasteiger charge is 2.13. The summed E-state index contributed by atoms with van der Waals surface area (Å²) < 4.78 is 16.3. The van der Waals surface area contributed by atoms with Crippen LogP contribution in [-0.4, -0.2) is 19.2 Å². The number of aromatic nitrogens is 1. The lowest BCUT2D eigenvalue weighted by molar-refractivity contribution is 0.355. The monoisotopic (exact) mass is 269 g/mol. The molecular formula is C16H15NO3. The number of hydrogen-bond acceptors (Lipinski definition) is 4. The van der Waals surface area contributed by atoms with E-state index >= 15 is 0 Å². The van der Waals surface area contributed by atoms with Crippen LogP contribution >= 0.6 is 0 Å². The molecule has 1 aromatic heterocycles. The predicted molar refractivity (Wildman–Crippen MR) is 77.3 cm³/mol. The molecule has 0 aliphatic rings. The third-order valence-electron chi connectivity index (χ3n) is 3.19. The fourth-order valence-corrected chi connectivity index (χ4v) is 2.07. The molecule has 0 amide bonds. The van der Waals surface area contributed by atoms with E-state index < -0.39 is 0 Å². The molecule has 0 unspecified atom stereocenters. The molecule has 102 valence electrons. The third kappa shape index (κ3) is 2.09. The number of nitrogens with zero attached hydrogens (tertiary/aromatic N) is 1. The van der Waals surface area contributed by atoms with Gasteiger partial charge in [0.15, 0.2) is 17.1 Å². The fourth-order valence-electron chi connectivity index (χ4n) is 2.07. The number of ether oxygens (including phenoxy) is 2. The van der Waals surface area contributed by atoms with Crippen LogP contribution < -0.4 is 9.47 Å². The Balaban J connectivity index is 2.12. The maximum atomic E-state index is 5.79. The van der Waals surface area contributed by atoms with Gasteiger partial charge in [-0.2, -0.15) is 0 Å². The summed E-state index contributed by atoms with van der Waals surface area (Å²) in [6.07, 6.45) is 0. The minimum absolute atomic E-state index is 0.593. The van der Waals surface area contributed by atoms with E-state index in [2.05, 4.69) is 4.98 Å². The van der Waals surface area contributed by atoms with E-state index in [1.165, 1.54) is 5.56 Å².